The second-order valence-corrected chi connectivity index (χ2v) is 3.54. The van der Waals surface area contributed by atoms with Gasteiger partial charge in [-0.25, -0.2) is 4.99 Å². The zero-order valence-electron chi connectivity index (χ0n) is 9.70. The molecule has 0 aromatic heterocycles. The predicted molar refractivity (Wildman–Crippen MR) is 68.3 cm³/mol. The van der Waals surface area contributed by atoms with Crippen LogP contribution in [0, 0.1) is 20.2 Å². The Labute approximate surface area is 111 Å². The summed E-state index contributed by atoms with van der Waals surface area (Å²) in [6, 6.07) is 2.04. The number of hydrogen-bond donors (Lipinski definition) is 1. The minimum Gasteiger partial charge on any atom is -0.485 e. The fourth-order valence-electron chi connectivity index (χ4n) is 1.32. The SMILES string of the molecule is COc1c([N+](=O)[O-])cc(N=C(N)CCl)cc1[N+](=O)[O-]. The van der Waals surface area contributed by atoms with Gasteiger partial charge in [-0.05, 0) is 0 Å². The van der Waals surface area contributed by atoms with Gasteiger partial charge in [0.15, 0.2) is 0 Å². The summed E-state index contributed by atoms with van der Waals surface area (Å²) in [4.78, 5) is 23.8. The normalized spacial score (nSPS) is 11.2. The molecule has 0 unspecified atom stereocenters. The molecule has 0 spiro atoms. The summed E-state index contributed by atoms with van der Waals surface area (Å²) in [5.74, 6) is -0.568. The van der Waals surface area contributed by atoms with Crippen molar-refractivity contribution in [1.29, 1.82) is 0 Å². The third-order valence-electron chi connectivity index (χ3n) is 2.04. The summed E-state index contributed by atoms with van der Waals surface area (Å²) in [5, 5.41) is 21.7. The van der Waals surface area contributed by atoms with Crippen LogP contribution in [0.1, 0.15) is 0 Å². The zero-order valence-corrected chi connectivity index (χ0v) is 10.5. The van der Waals surface area contributed by atoms with Crippen LogP contribution in [0.3, 0.4) is 0 Å². The van der Waals surface area contributed by atoms with Gasteiger partial charge >= 0.3 is 11.4 Å². The third-order valence-corrected chi connectivity index (χ3v) is 2.32. The van der Waals surface area contributed by atoms with Crippen molar-refractivity contribution < 1.29 is 14.6 Å². The molecule has 1 rings (SSSR count). The van der Waals surface area contributed by atoms with Gasteiger partial charge in [-0.15, -0.1) is 11.6 Å². The molecule has 10 heteroatoms. The monoisotopic (exact) mass is 288 g/mol. The number of nitro benzene ring substituents is 2. The molecule has 1 aromatic carbocycles. The van der Waals surface area contributed by atoms with Gasteiger partial charge in [-0.2, -0.15) is 0 Å². The molecule has 0 saturated carbocycles. The average molecular weight is 289 g/mol. The molecular weight excluding hydrogens is 280 g/mol. The standard InChI is InChI=1S/C9H9ClN4O5/c1-19-9-6(13(15)16)2-5(12-8(11)4-10)3-7(9)14(17)18/h2-3H,4H2,1H3,(H2,11,12). The first-order valence-corrected chi connectivity index (χ1v) is 5.34. The summed E-state index contributed by atoms with van der Waals surface area (Å²) in [6.45, 7) is 0. The van der Waals surface area contributed by atoms with Gasteiger partial charge < -0.3 is 10.5 Å². The minimum absolute atomic E-state index is 0.0181. The summed E-state index contributed by atoms with van der Waals surface area (Å²) in [6.07, 6.45) is 0. The Bertz CT molecular complexity index is 525. The lowest BCUT2D eigenvalue weighted by molar-refractivity contribution is -0.395. The van der Waals surface area contributed by atoms with Crippen molar-refractivity contribution in [3.8, 4) is 5.75 Å². The molecule has 2 N–H and O–H groups in total. The maximum atomic E-state index is 10.9. The van der Waals surface area contributed by atoms with Crippen molar-refractivity contribution in [2.75, 3.05) is 13.0 Å². The second-order valence-electron chi connectivity index (χ2n) is 3.27. The topological polar surface area (TPSA) is 134 Å². The van der Waals surface area contributed by atoms with E-state index in [1.807, 2.05) is 0 Å². The highest BCUT2D eigenvalue weighted by molar-refractivity contribution is 6.28. The third kappa shape index (κ3) is 3.28. The largest absolute Gasteiger partial charge is 0.485 e. The van der Waals surface area contributed by atoms with Crippen molar-refractivity contribution in [3.63, 3.8) is 0 Å². The first kappa shape index (κ1) is 14.6. The van der Waals surface area contributed by atoms with E-state index >= 15 is 0 Å². The molecular formula is C9H9ClN4O5. The lowest BCUT2D eigenvalue weighted by Gasteiger charge is -2.04. The number of nitrogens with zero attached hydrogens (tertiary/aromatic N) is 3. The zero-order chi connectivity index (χ0) is 14.6. The first-order chi connectivity index (χ1) is 8.90. The van der Waals surface area contributed by atoms with E-state index in [-0.39, 0.29) is 17.4 Å². The highest BCUT2D eigenvalue weighted by Crippen LogP contribution is 2.40. The number of ether oxygens (including phenoxy) is 1. The number of amidine groups is 1. The van der Waals surface area contributed by atoms with E-state index < -0.39 is 27.0 Å². The van der Waals surface area contributed by atoms with E-state index in [2.05, 4.69) is 4.99 Å². The Balaban J connectivity index is 3.54. The molecule has 0 heterocycles. The van der Waals surface area contributed by atoms with Crippen LogP contribution in [0.15, 0.2) is 17.1 Å². The van der Waals surface area contributed by atoms with E-state index in [1.165, 1.54) is 0 Å². The van der Waals surface area contributed by atoms with Crippen LogP contribution in [-0.2, 0) is 0 Å². The number of alkyl halides is 1. The Kier molecular flexibility index (Phi) is 4.59. The molecule has 0 bridgehead atoms. The number of aliphatic imine (C=N–C) groups is 1. The molecule has 0 fully saturated rings. The van der Waals surface area contributed by atoms with Crippen molar-refractivity contribution >= 4 is 34.5 Å². The molecule has 9 nitrogen and oxygen atoms in total. The maximum Gasteiger partial charge on any atom is 0.320 e. The number of nitro groups is 2. The lowest BCUT2D eigenvalue weighted by atomic mass is 10.2. The van der Waals surface area contributed by atoms with Crippen LogP contribution in [-0.4, -0.2) is 28.7 Å². The Morgan fingerprint density at radius 3 is 2.16 bits per heavy atom. The molecule has 0 amide bonds. The van der Waals surface area contributed by atoms with Gasteiger partial charge in [-0.3, -0.25) is 20.2 Å². The summed E-state index contributed by atoms with van der Waals surface area (Å²) >= 11 is 5.42. The van der Waals surface area contributed by atoms with E-state index in [0.29, 0.717) is 0 Å². The average Bonchev–Trinajstić information content (AvgIpc) is 2.37. The molecule has 0 aliphatic heterocycles. The number of methoxy groups -OCH3 is 1. The molecule has 0 aliphatic carbocycles. The molecule has 1 aromatic rings. The molecule has 0 radical (unpaired) electrons. The van der Waals surface area contributed by atoms with Crippen LogP contribution in [0.25, 0.3) is 0 Å². The van der Waals surface area contributed by atoms with Gasteiger partial charge in [0.05, 0.1) is 28.5 Å². The number of rotatable bonds is 5. The van der Waals surface area contributed by atoms with Gasteiger partial charge in [0.25, 0.3) is 5.75 Å². The van der Waals surface area contributed by atoms with Gasteiger partial charge in [0.2, 0.25) is 0 Å². The molecule has 0 atom stereocenters. The van der Waals surface area contributed by atoms with Crippen molar-refractivity contribution in [2.45, 2.75) is 0 Å². The van der Waals surface area contributed by atoms with Gasteiger partial charge in [-0.1, -0.05) is 0 Å². The van der Waals surface area contributed by atoms with Crippen LogP contribution in [0.5, 0.6) is 5.75 Å². The number of nitrogens with two attached hydrogens (primary N) is 1. The smallest absolute Gasteiger partial charge is 0.320 e. The minimum atomic E-state index is -0.804. The van der Waals surface area contributed by atoms with Crippen LogP contribution in [0.4, 0.5) is 17.1 Å². The maximum absolute atomic E-state index is 10.9. The quantitative estimate of drug-likeness (QED) is 0.288. The van der Waals surface area contributed by atoms with E-state index in [1.54, 1.807) is 0 Å². The highest BCUT2D eigenvalue weighted by Gasteiger charge is 2.27. The fraction of sp³-hybridized carbons (Fsp3) is 0.222. The molecule has 0 saturated heterocycles. The number of benzene rings is 1. The second kappa shape index (κ2) is 5.96. The Morgan fingerprint density at radius 2 is 1.84 bits per heavy atom. The van der Waals surface area contributed by atoms with Gasteiger partial charge in [0.1, 0.15) is 5.84 Å². The van der Waals surface area contributed by atoms with Gasteiger partial charge in [0, 0.05) is 12.1 Å². The fourth-order valence-corrected chi connectivity index (χ4v) is 1.38. The Morgan fingerprint density at radius 1 is 1.37 bits per heavy atom. The van der Waals surface area contributed by atoms with Crippen LogP contribution in [0.2, 0.25) is 0 Å². The van der Waals surface area contributed by atoms with E-state index in [0.717, 1.165) is 19.2 Å². The van der Waals surface area contributed by atoms with Crippen molar-refractivity contribution in [1.82, 2.24) is 0 Å². The predicted octanol–water partition coefficient (Wildman–Crippen LogP) is 1.74. The molecule has 0 aliphatic rings. The summed E-state index contributed by atoms with van der Waals surface area (Å²) in [5.41, 5.74) is 4.19. The summed E-state index contributed by atoms with van der Waals surface area (Å²) < 4.78 is 4.70. The van der Waals surface area contributed by atoms with E-state index in [4.69, 9.17) is 22.1 Å². The number of hydrogen-bond acceptors (Lipinski definition) is 6. The van der Waals surface area contributed by atoms with E-state index in [9.17, 15) is 20.2 Å². The van der Waals surface area contributed by atoms with Crippen LogP contribution >= 0.6 is 11.6 Å². The molecule has 102 valence electrons. The number of halogens is 1. The highest BCUT2D eigenvalue weighted by atomic mass is 35.5. The van der Waals surface area contributed by atoms with Crippen LogP contribution < -0.4 is 10.5 Å². The van der Waals surface area contributed by atoms with Crippen molar-refractivity contribution in [2.24, 2.45) is 10.7 Å². The Hall–Kier alpha value is -2.42. The lowest BCUT2D eigenvalue weighted by Crippen LogP contribution is -2.12. The van der Waals surface area contributed by atoms with Crippen molar-refractivity contribution in [3.05, 3.63) is 32.4 Å². The summed E-state index contributed by atoms with van der Waals surface area (Å²) in [7, 11) is 1.10. The first-order valence-electron chi connectivity index (χ1n) is 4.80. The molecule has 19 heavy (non-hydrogen) atoms.